The first-order valence-electron chi connectivity index (χ1n) is 2.99. The Morgan fingerprint density at radius 3 is 2.60 bits per heavy atom. The molecule has 0 bridgehead atoms. The van der Waals surface area contributed by atoms with Gasteiger partial charge in [0.15, 0.2) is 17.8 Å². The summed E-state index contributed by atoms with van der Waals surface area (Å²) in [7, 11) is 0. The Bertz CT molecular complexity index is 203. The minimum Gasteiger partial charge on any atom is -0.239 e. The van der Waals surface area contributed by atoms with Crippen molar-refractivity contribution in [3.63, 3.8) is 0 Å². The van der Waals surface area contributed by atoms with Gasteiger partial charge in [-0.05, 0) is 12.5 Å². The minimum atomic E-state index is -1.77. The summed E-state index contributed by atoms with van der Waals surface area (Å²) in [5.74, 6) is -2.31. The highest BCUT2D eigenvalue weighted by Gasteiger charge is 2.22. The molecule has 0 spiro atoms. The Morgan fingerprint density at radius 2 is 2.10 bits per heavy atom. The zero-order valence-corrected chi connectivity index (χ0v) is 5.50. The Morgan fingerprint density at radius 1 is 1.50 bits per heavy atom. The zero-order chi connectivity index (χ0) is 7.72. The molecule has 0 nitrogen and oxygen atoms in total. The molecule has 0 aromatic rings. The lowest BCUT2D eigenvalue weighted by Gasteiger charge is -2.10. The third-order valence-corrected chi connectivity index (χ3v) is 1.46. The molecule has 0 aromatic heterocycles. The molecule has 0 aromatic carbocycles. The van der Waals surface area contributed by atoms with E-state index in [4.69, 9.17) is 0 Å². The average Bonchev–Trinajstić information content (AvgIpc) is 1.93. The third-order valence-electron chi connectivity index (χ3n) is 1.46. The van der Waals surface area contributed by atoms with Crippen LogP contribution in [0.3, 0.4) is 0 Å². The van der Waals surface area contributed by atoms with Gasteiger partial charge in [0.05, 0.1) is 0 Å². The number of halogens is 3. The van der Waals surface area contributed by atoms with Gasteiger partial charge in [0.25, 0.3) is 0 Å². The topological polar surface area (TPSA) is 0 Å². The van der Waals surface area contributed by atoms with Crippen LogP contribution in [0.25, 0.3) is 0 Å². The second kappa shape index (κ2) is 2.48. The van der Waals surface area contributed by atoms with Crippen molar-refractivity contribution < 1.29 is 13.2 Å². The van der Waals surface area contributed by atoms with Crippen LogP contribution in [0.5, 0.6) is 0 Å². The summed E-state index contributed by atoms with van der Waals surface area (Å²) >= 11 is 0. The first kappa shape index (κ1) is 7.38. The van der Waals surface area contributed by atoms with Crippen LogP contribution < -0.4 is 0 Å². The third kappa shape index (κ3) is 1.08. The van der Waals surface area contributed by atoms with Crippen LogP contribution in [0.2, 0.25) is 0 Å². The van der Waals surface area contributed by atoms with Gasteiger partial charge in [0.1, 0.15) is 0 Å². The van der Waals surface area contributed by atoms with E-state index in [0.717, 1.165) is 0 Å². The van der Waals surface area contributed by atoms with E-state index in [-0.39, 0.29) is 12.0 Å². The molecule has 1 rings (SSSR count). The minimum absolute atomic E-state index is 0.0505. The molecule has 0 amide bonds. The van der Waals surface area contributed by atoms with Crippen molar-refractivity contribution in [1.29, 1.82) is 0 Å². The maximum absolute atomic E-state index is 12.4. The number of hydrogen-bond donors (Lipinski definition) is 0. The fourth-order valence-corrected chi connectivity index (χ4v) is 0.799. The van der Waals surface area contributed by atoms with E-state index in [9.17, 15) is 13.2 Å². The zero-order valence-electron chi connectivity index (χ0n) is 5.50. The normalized spacial score (nSPS) is 26.8. The van der Waals surface area contributed by atoms with Crippen molar-refractivity contribution >= 4 is 0 Å². The van der Waals surface area contributed by atoms with Gasteiger partial charge in [-0.1, -0.05) is 6.08 Å². The van der Waals surface area contributed by atoms with Crippen LogP contribution in [0.15, 0.2) is 23.3 Å². The van der Waals surface area contributed by atoms with Crippen molar-refractivity contribution in [2.24, 2.45) is 0 Å². The van der Waals surface area contributed by atoms with E-state index in [1.54, 1.807) is 0 Å². The van der Waals surface area contributed by atoms with Crippen LogP contribution in [-0.4, -0.2) is 6.17 Å². The van der Waals surface area contributed by atoms with Crippen LogP contribution in [0, 0.1) is 0 Å². The second-order valence-electron chi connectivity index (χ2n) is 2.25. The fraction of sp³-hybridized carbons (Fsp3) is 0.429. The highest BCUT2D eigenvalue weighted by Crippen LogP contribution is 2.28. The molecule has 0 fully saturated rings. The van der Waals surface area contributed by atoms with Crippen LogP contribution in [0.1, 0.15) is 13.3 Å². The van der Waals surface area contributed by atoms with Gasteiger partial charge >= 0.3 is 0 Å². The summed E-state index contributed by atoms with van der Waals surface area (Å²) in [6, 6.07) is 0. The molecule has 0 saturated heterocycles. The standard InChI is InChI=1S/C7H7F3/c1-4-2-3-5(8)7(10)6(4)9/h2,5H,3H2,1H3/t5-/m0/s1. The van der Waals surface area contributed by atoms with Crippen molar-refractivity contribution in [2.75, 3.05) is 0 Å². The SMILES string of the molecule is CC1=CC[C@H](F)C(F)=C1F. The highest BCUT2D eigenvalue weighted by molar-refractivity contribution is 5.31. The lowest BCUT2D eigenvalue weighted by molar-refractivity contribution is 0.308. The van der Waals surface area contributed by atoms with Gasteiger partial charge in [-0.3, -0.25) is 0 Å². The molecule has 0 N–H and O–H groups in total. The summed E-state index contributed by atoms with van der Waals surface area (Å²) in [5, 5.41) is 0. The van der Waals surface area contributed by atoms with E-state index in [1.165, 1.54) is 13.0 Å². The quantitative estimate of drug-likeness (QED) is 0.495. The van der Waals surface area contributed by atoms with E-state index >= 15 is 0 Å². The van der Waals surface area contributed by atoms with E-state index in [2.05, 4.69) is 0 Å². The molecule has 3 heteroatoms. The number of rotatable bonds is 0. The molecule has 0 heterocycles. The van der Waals surface area contributed by atoms with E-state index in [1.807, 2.05) is 0 Å². The lowest BCUT2D eigenvalue weighted by Crippen LogP contribution is -2.06. The van der Waals surface area contributed by atoms with Gasteiger partial charge < -0.3 is 0 Å². The van der Waals surface area contributed by atoms with Crippen molar-refractivity contribution in [3.05, 3.63) is 23.3 Å². The molecule has 1 aliphatic rings. The molecular formula is C7H7F3. The Balaban J connectivity index is 2.94. The largest absolute Gasteiger partial charge is 0.239 e. The number of alkyl halides is 1. The Kier molecular flexibility index (Phi) is 1.83. The molecule has 0 saturated carbocycles. The van der Waals surface area contributed by atoms with E-state index < -0.39 is 17.8 Å². The number of hydrogen-bond acceptors (Lipinski definition) is 0. The monoisotopic (exact) mass is 148 g/mol. The fourth-order valence-electron chi connectivity index (χ4n) is 0.799. The molecule has 0 unspecified atom stereocenters. The van der Waals surface area contributed by atoms with Gasteiger partial charge in [-0.25, -0.2) is 13.2 Å². The predicted octanol–water partition coefficient (Wildman–Crippen LogP) is 2.83. The van der Waals surface area contributed by atoms with Crippen LogP contribution >= 0.6 is 0 Å². The van der Waals surface area contributed by atoms with Gasteiger partial charge in [0, 0.05) is 6.42 Å². The maximum atomic E-state index is 12.4. The first-order chi connectivity index (χ1) is 4.63. The Labute approximate surface area is 57.0 Å². The van der Waals surface area contributed by atoms with Crippen molar-refractivity contribution in [3.8, 4) is 0 Å². The molecule has 56 valence electrons. The van der Waals surface area contributed by atoms with Gasteiger partial charge in [-0.15, -0.1) is 0 Å². The summed E-state index contributed by atoms with van der Waals surface area (Å²) < 4.78 is 37.0. The Hall–Kier alpha value is -0.730. The highest BCUT2D eigenvalue weighted by atomic mass is 19.2. The predicted molar refractivity (Wildman–Crippen MR) is 32.5 cm³/mol. The number of allylic oxidation sites excluding steroid dienone is 4. The van der Waals surface area contributed by atoms with Crippen LogP contribution in [0.4, 0.5) is 13.2 Å². The van der Waals surface area contributed by atoms with Crippen molar-refractivity contribution in [1.82, 2.24) is 0 Å². The summed E-state index contributed by atoms with van der Waals surface area (Å²) in [6.07, 6.45) is -0.475. The first-order valence-corrected chi connectivity index (χ1v) is 2.99. The maximum Gasteiger partial charge on any atom is 0.170 e. The van der Waals surface area contributed by atoms with Crippen LogP contribution in [-0.2, 0) is 0 Å². The molecule has 1 aliphatic carbocycles. The molecule has 0 aliphatic heterocycles. The molecule has 1 atom stereocenters. The smallest absolute Gasteiger partial charge is 0.170 e. The molecule has 10 heavy (non-hydrogen) atoms. The average molecular weight is 148 g/mol. The van der Waals surface area contributed by atoms with Crippen molar-refractivity contribution in [2.45, 2.75) is 19.5 Å². The summed E-state index contributed by atoms with van der Waals surface area (Å²) in [5.41, 5.74) is 0.186. The summed E-state index contributed by atoms with van der Waals surface area (Å²) in [4.78, 5) is 0. The second-order valence-corrected chi connectivity index (χ2v) is 2.25. The molecule has 0 radical (unpaired) electrons. The van der Waals surface area contributed by atoms with E-state index in [0.29, 0.717) is 0 Å². The molecular weight excluding hydrogens is 141 g/mol. The van der Waals surface area contributed by atoms with Gasteiger partial charge in [-0.2, -0.15) is 0 Å². The van der Waals surface area contributed by atoms with Gasteiger partial charge in [0.2, 0.25) is 0 Å². The lowest BCUT2D eigenvalue weighted by atomic mass is 10.1. The summed E-state index contributed by atoms with van der Waals surface area (Å²) in [6.45, 7) is 1.42.